The minimum Gasteiger partial charge on any atom is -0.367 e. The summed E-state index contributed by atoms with van der Waals surface area (Å²) < 4.78 is 17.9. The SMILES string of the molecule is O=C(Nc1nc2ccc(Cl)cc2s1)c1cn(C2CC2)c2cc(N3CCNCC3)c(F)cc2c1=O. The molecule has 1 aliphatic carbocycles. The number of aromatic nitrogens is 2. The molecule has 34 heavy (non-hydrogen) atoms. The smallest absolute Gasteiger partial charge is 0.262 e. The lowest BCUT2D eigenvalue weighted by Crippen LogP contribution is -2.43. The molecule has 2 aromatic heterocycles. The highest BCUT2D eigenvalue weighted by Crippen LogP contribution is 2.38. The summed E-state index contributed by atoms with van der Waals surface area (Å²) in [5.41, 5.74) is 1.35. The zero-order valence-corrected chi connectivity index (χ0v) is 19.7. The van der Waals surface area contributed by atoms with Gasteiger partial charge in [0.25, 0.3) is 5.91 Å². The van der Waals surface area contributed by atoms with E-state index in [4.69, 9.17) is 11.6 Å². The van der Waals surface area contributed by atoms with Crippen LogP contribution < -0.4 is 21.0 Å². The van der Waals surface area contributed by atoms with Crippen molar-refractivity contribution < 1.29 is 9.18 Å². The van der Waals surface area contributed by atoms with Crippen LogP contribution in [0.1, 0.15) is 29.2 Å². The molecule has 2 N–H and O–H groups in total. The van der Waals surface area contributed by atoms with E-state index in [1.165, 1.54) is 17.4 Å². The molecule has 0 bridgehead atoms. The van der Waals surface area contributed by atoms with Gasteiger partial charge in [-0.1, -0.05) is 22.9 Å². The molecule has 174 valence electrons. The lowest BCUT2D eigenvalue weighted by molar-refractivity contribution is 0.102. The number of carbonyl (C=O) groups excluding carboxylic acids is 1. The van der Waals surface area contributed by atoms with Gasteiger partial charge >= 0.3 is 0 Å². The molecule has 3 heterocycles. The number of halogens is 2. The summed E-state index contributed by atoms with van der Waals surface area (Å²) in [6.07, 6.45) is 3.53. The van der Waals surface area contributed by atoms with Crippen molar-refractivity contribution in [1.29, 1.82) is 0 Å². The van der Waals surface area contributed by atoms with Gasteiger partial charge in [-0.15, -0.1) is 0 Å². The van der Waals surface area contributed by atoms with Crippen LogP contribution in [0, 0.1) is 5.82 Å². The summed E-state index contributed by atoms with van der Waals surface area (Å²) in [4.78, 5) is 32.8. The first-order chi connectivity index (χ1) is 16.5. The average Bonchev–Trinajstić information content (AvgIpc) is 3.60. The van der Waals surface area contributed by atoms with Crippen LogP contribution in [0.3, 0.4) is 0 Å². The van der Waals surface area contributed by atoms with Gasteiger partial charge in [-0.3, -0.25) is 14.9 Å². The van der Waals surface area contributed by atoms with Crippen molar-refractivity contribution in [2.45, 2.75) is 18.9 Å². The number of pyridine rings is 1. The minimum absolute atomic E-state index is 0.0222. The Kier molecular flexibility index (Phi) is 5.28. The Labute approximate surface area is 203 Å². The van der Waals surface area contributed by atoms with E-state index >= 15 is 4.39 Å². The molecule has 2 aromatic carbocycles. The minimum atomic E-state index is -0.557. The predicted octanol–water partition coefficient (Wildman–Crippen LogP) is 4.40. The zero-order chi connectivity index (χ0) is 23.4. The number of fused-ring (bicyclic) bond motifs is 2. The second-order valence-corrected chi connectivity index (χ2v) is 10.1. The van der Waals surface area contributed by atoms with Gasteiger partial charge in [-0.05, 0) is 43.2 Å². The maximum atomic E-state index is 15.1. The topological polar surface area (TPSA) is 79.3 Å². The number of hydrogen-bond acceptors (Lipinski definition) is 6. The van der Waals surface area contributed by atoms with E-state index in [0.29, 0.717) is 40.0 Å². The molecule has 10 heteroatoms. The van der Waals surface area contributed by atoms with Crippen molar-refractivity contribution in [3.63, 3.8) is 0 Å². The number of piperazine rings is 1. The fourth-order valence-electron chi connectivity index (χ4n) is 4.44. The molecule has 1 saturated heterocycles. The third-order valence-electron chi connectivity index (χ3n) is 6.31. The summed E-state index contributed by atoms with van der Waals surface area (Å²) in [6, 6.07) is 8.52. The van der Waals surface area contributed by atoms with Crippen LogP contribution in [0.25, 0.3) is 21.1 Å². The van der Waals surface area contributed by atoms with Crippen LogP contribution in [0.15, 0.2) is 41.3 Å². The number of amides is 1. The van der Waals surface area contributed by atoms with Crippen LogP contribution in [0.2, 0.25) is 5.02 Å². The highest BCUT2D eigenvalue weighted by atomic mass is 35.5. The Bertz CT molecular complexity index is 1510. The van der Waals surface area contributed by atoms with Crippen molar-refractivity contribution in [3.8, 4) is 0 Å². The summed E-state index contributed by atoms with van der Waals surface area (Å²) in [6.45, 7) is 2.96. The Morgan fingerprint density at radius 2 is 2.00 bits per heavy atom. The second kappa shape index (κ2) is 8.33. The predicted molar refractivity (Wildman–Crippen MR) is 134 cm³/mol. The standard InChI is InChI=1S/C24H21ClFN5O2S/c25-13-1-4-18-21(9-13)34-24(28-18)29-23(33)16-12-31(14-2-3-14)19-11-20(30-7-5-27-6-8-30)17(26)10-15(19)22(16)32/h1,4,9-12,14,27H,2-3,5-8H2,(H,28,29,33). The molecule has 1 aliphatic heterocycles. The molecule has 2 fully saturated rings. The molecule has 7 nitrogen and oxygen atoms in total. The summed E-state index contributed by atoms with van der Waals surface area (Å²) in [5.74, 6) is -1.01. The van der Waals surface area contributed by atoms with E-state index in [0.717, 1.165) is 30.6 Å². The first kappa shape index (κ1) is 21.5. The van der Waals surface area contributed by atoms with Crippen LogP contribution in [-0.2, 0) is 0 Å². The molecule has 0 unspecified atom stereocenters. The molecule has 4 aromatic rings. The van der Waals surface area contributed by atoms with Gasteiger partial charge in [0.1, 0.15) is 11.4 Å². The number of nitrogens with zero attached hydrogens (tertiary/aromatic N) is 3. The number of benzene rings is 2. The average molecular weight is 498 g/mol. The van der Waals surface area contributed by atoms with Crippen molar-refractivity contribution in [2.75, 3.05) is 36.4 Å². The van der Waals surface area contributed by atoms with Gasteiger partial charge in [-0.25, -0.2) is 9.37 Å². The van der Waals surface area contributed by atoms with E-state index in [1.54, 1.807) is 30.5 Å². The van der Waals surface area contributed by atoms with Gasteiger partial charge in [0.05, 0.1) is 21.4 Å². The van der Waals surface area contributed by atoms with Crippen molar-refractivity contribution in [1.82, 2.24) is 14.9 Å². The lowest BCUT2D eigenvalue weighted by atomic mass is 10.1. The van der Waals surface area contributed by atoms with E-state index < -0.39 is 17.2 Å². The molecular weight excluding hydrogens is 477 g/mol. The Balaban J connectivity index is 1.41. The maximum Gasteiger partial charge on any atom is 0.262 e. The van der Waals surface area contributed by atoms with Crippen LogP contribution in [0.5, 0.6) is 0 Å². The molecule has 0 spiro atoms. The number of nitrogens with one attached hydrogen (secondary N) is 2. The molecule has 2 aliphatic rings. The zero-order valence-electron chi connectivity index (χ0n) is 18.1. The summed E-state index contributed by atoms with van der Waals surface area (Å²) in [7, 11) is 0. The van der Waals surface area contributed by atoms with Crippen LogP contribution in [0.4, 0.5) is 15.2 Å². The Morgan fingerprint density at radius 1 is 1.21 bits per heavy atom. The number of thiazole rings is 1. The summed E-state index contributed by atoms with van der Waals surface area (Å²) in [5, 5.41) is 7.18. The molecule has 0 atom stereocenters. The molecule has 0 radical (unpaired) electrons. The van der Waals surface area contributed by atoms with Gasteiger partial charge in [-0.2, -0.15) is 0 Å². The van der Waals surface area contributed by atoms with Crippen molar-refractivity contribution in [3.05, 3.63) is 63.2 Å². The fraction of sp³-hybridized carbons (Fsp3) is 0.292. The van der Waals surface area contributed by atoms with Gasteiger partial charge < -0.3 is 14.8 Å². The number of rotatable bonds is 4. The van der Waals surface area contributed by atoms with E-state index in [9.17, 15) is 9.59 Å². The van der Waals surface area contributed by atoms with Gasteiger partial charge in [0.2, 0.25) is 5.43 Å². The highest BCUT2D eigenvalue weighted by Gasteiger charge is 2.28. The van der Waals surface area contributed by atoms with Crippen LogP contribution >= 0.6 is 22.9 Å². The maximum absolute atomic E-state index is 15.1. The van der Waals surface area contributed by atoms with Gasteiger partial charge in [0.15, 0.2) is 5.13 Å². The first-order valence-electron chi connectivity index (χ1n) is 11.2. The Morgan fingerprint density at radius 3 is 2.76 bits per heavy atom. The van der Waals surface area contributed by atoms with E-state index in [-0.39, 0.29) is 17.0 Å². The van der Waals surface area contributed by atoms with E-state index in [2.05, 4.69) is 15.6 Å². The largest absolute Gasteiger partial charge is 0.367 e. The summed E-state index contributed by atoms with van der Waals surface area (Å²) >= 11 is 7.32. The normalized spacial score (nSPS) is 16.4. The van der Waals surface area contributed by atoms with E-state index in [1.807, 2.05) is 9.47 Å². The Hall–Kier alpha value is -3.01. The van der Waals surface area contributed by atoms with Crippen molar-refractivity contribution >= 4 is 60.8 Å². The molecular formula is C24H21ClFN5O2S. The molecule has 1 amide bonds. The quantitative estimate of drug-likeness (QED) is 0.437. The fourth-order valence-corrected chi connectivity index (χ4v) is 5.58. The number of carbonyl (C=O) groups is 1. The monoisotopic (exact) mass is 497 g/mol. The van der Waals surface area contributed by atoms with Gasteiger partial charge in [0, 0.05) is 48.8 Å². The second-order valence-electron chi connectivity index (χ2n) is 8.65. The number of anilines is 2. The third-order valence-corrected chi connectivity index (χ3v) is 7.48. The highest BCUT2D eigenvalue weighted by molar-refractivity contribution is 7.22. The number of hydrogen-bond donors (Lipinski definition) is 2. The van der Waals surface area contributed by atoms with Crippen molar-refractivity contribution in [2.24, 2.45) is 0 Å². The first-order valence-corrected chi connectivity index (χ1v) is 12.4. The van der Waals surface area contributed by atoms with Crippen LogP contribution in [-0.4, -0.2) is 41.6 Å². The lowest BCUT2D eigenvalue weighted by Gasteiger charge is -2.30. The third kappa shape index (κ3) is 3.83. The molecule has 1 saturated carbocycles. The molecule has 6 rings (SSSR count).